The van der Waals surface area contributed by atoms with Crippen LogP contribution in [-0.2, 0) is 13.1 Å². The largest absolute Gasteiger partial charge is 0.496 e. The lowest BCUT2D eigenvalue weighted by molar-refractivity contribution is 0.0744. The number of nitrogens with one attached hydrogen (secondary N) is 1. The summed E-state index contributed by atoms with van der Waals surface area (Å²) in [6.45, 7) is 4.51. The average molecular weight is 511 g/mol. The molecular weight excluding hydrogens is 488 g/mol. The van der Waals surface area contributed by atoms with Crippen LogP contribution in [0.2, 0.25) is 0 Å². The number of hydrogen-bond acceptors (Lipinski definition) is 8. The average Bonchev–Trinajstić information content (AvgIpc) is 3.46. The minimum Gasteiger partial charge on any atom is -0.496 e. The second-order valence-electron chi connectivity index (χ2n) is 8.62. The molecule has 184 valence electrons. The second kappa shape index (κ2) is 9.79. The zero-order chi connectivity index (χ0) is 26.1. The fourth-order valence-electron chi connectivity index (χ4n) is 4.17. The van der Waals surface area contributed by atoms with Crippen LogP contribution >= 0.6 is 11.3 Å². The van der Waals surface area contributed by atoms with Crippen LogP contribution in [-0.4, -0.2) is 38.8 Å². The van der Waals surface area contributed by atoms with Crippen LogP contribution in [0.25, 0.3) is 11.1 Å². The number of aryl methyl sites for hydroxylation is 2. The number of nitriles is 1. The van der Waals surface area contributed by atoms with Crippen LogP contribution in [0.15, 0.2) is 48.8 Å². The van der Waals surface area contributed by atoms with Crippen LogP contribution in [0.1, 0.15) is 48.2 Å². The molecule has 4 aromatic rings. The molecule has 9 nitrogen and oxygen atoms in total. The standard InChI is InChI=1S/C27H22N6O3S/c1-15-6-7-29-21(8-15)26(35)33-13-22-24(14-33)37-27(31-22)32-25(34)20-12-30-16(2)9-18(20)19-10-17(11-28)4-5-23(19)36-3/h4-10,12H,13-14H2,1-3H3,(H,31,32,34). The van der Waals surface area contributed by atoms with E-state index in [1.165, 1.54) is 17.5 Å². The molecule has 0 spiro atoms. The van der Waals surface area contributed by atoms with Gasteiger partial charge in [0.05, 0.1) is 48.0 Å². The van der Waals surface area contributed by atoms with Gasteiger partial charge >= 0.3 is 0 Å². The monoisotopic (exact) mass is 510 g/mol. The van der Waals surface area contributed by atoms with E-state index in [0.29, 0.717) is 51.9 Å². The highest BCUT2D eigenvalue weighted by Crippen LogP contribution is 2.35. The number of carbonyl (C=O) groups excluding carboxylic acids is 2. The van der Waals surface area contributed by atoms with Crippen molar-refractivity contribution in [3.63, 3.8) is 0 Å². The van der Waals surface area contributed by atoms with E-state index in [4.69, 9.17) is 4.74 Å². The first-order chi connectivity index (χ1) is 17.9. The zero-order valence-electron chi connectivity index (χ0n) is 20.4. The molecule has 5 rings (SSSR count). The number of carbonyl (C=O) groups is 2. The molecule has 1 aliphatic rings. The normalized spacial score (nSPS) is 12.1. The molecular formula is C27H22N6O3S. The van der Waals surface area contributed by atoms with Crippen molar-refractivity contribution in [3.05, 3.63) is 87.4 Å². The van der Waals surface area contributed by atoms with Gasteiger partial charge in [-0.3, -0.25) is 24.9 Å². The Morgan fingerprint density at radius 3 is 2.68 bits per heavy atom. The van der Waals surface area contributed by atoms with Gasteiger partial charge in [-0.1, -0.05) is 11.3 Å². The molecule has 0 saturated carbocycles. The number of fused-ring (bicyclic) bond motifs is 1. The molecule has 0 radical (unpaired) electrons. The Morgan fingerprint density at radius 1 is 1.11 bits per heavy atom. The van der Waals surface area contributed by atoms with E-state index in [0.717, 1.165) is 21.8 Å². The van der Waals surface area contributed by atoms with Crippen LogP contribution in [0.3, 0.4) is 0 Å². The molecule has 2 amide bonds. The summed E-state index contributed by atoms with van der Waals surface area (Å²) in [5.41, 5.74) is 4.85. The Morgan fingerprint density at radius 2 is 1.95 bits per heavy atom. The quantitative estimate of drug-likeness (QED) is 0.419. The van der Waals surface area contributed by atoms with Crippen LogP contribution in [0, 0.1) is 25.2 Å². The second-order valence-corrected chi connectivity index (χ2v) is 9.70. The van der Waals surface area contributed by atoms with Gasteiger partial charge in [0.1, 0.15) is 11.4 Å². The molecule has 0 bridgehead atoms. The molecule has 0 atom stereocenters. The smallest absolute Gasteiger partial charge is 0.273 e. The number of rotatable bonds is 5. The minimum absolute atomic E-state index is 0.150. The zero-order valence-corrected chi connectivity index (χ0v) is 21.2. The number of aromatic nitrogens is 3. The SMILES string of the molecule is COc1ccc(C#N)cc1-c1cc(C)ncc1C(=O)Nc1nc2c(s1)CN(C(=O)c1cc(C)ccn1)C2. The molecule has 1 aliphatic heterocycles. The topological polar surface area (TPSA) is 121 Å². The van der Waals surface area contributed by atoms with Gasteiger partial charge in [0.25, 0.3) is 11.8 Å². The first-order valence-corrected chi connectivity index (χ1v) is 12.2. The lowest BCUT2D eigenvalue weighted by Gasteiger charge is -2.15. The van der Waals surface area contributed by atoms with Gasteiger partial charge in [-0.25, -0.2) is 4.98 Å². The van der Waals surface area contributed by atoms with E-state index in [1.54, 1.807) is 48.5 Å². The van der Waals surface area contributed by atoms with Gasteiger partial charge in [0.15, 0.2) is 5.13 Å². The maximum atomic E-state index is 13.3. The summed E-state index contributed by atoms with van der Waals surface area (Å²) in [7, 11) is 1.54. The molecule has 4 heterocycles. The van der Waals surface area contributed by atoms with Crippen LogP contribution in [0.4, 0.5) is 5.13 Å². The summed E-state index contributed by atoms with van der Waals surface area (Å²) in [4.78, 5) is 41.8. The molecule has 0 unspecified atom stereocenters. The van der Waals surface area contributed by atoms with Gasteiger partial charge in [0.2, 0.25) is 0 Å². The number of nitrogens with zero attached hydrogens (tertiary/aromatic N) is 5. The van der Waals surface area contributed by atoms with E-state index in [2.05, 4.69) is 26.3 Å². The highest BCUT2D eigenvalue weighted by molar-refractivity contribution is 7.16. The number of amides is 2. The van der Waals surface area contributed by atoms with Gasteiger partial charge < -0.3 is 9.64 Å². The summed E-state index contributed by atoms with van der Waals surface area (Å²) in [6.07, 6.45) is 3.13. The summed E-state index contributed by atoms with van der Waals surface area (Å²) in [5, 5.41) is 12.7. The summed E-state index contributed by atoms with van der Waals surface area (Å²) < 4.78 is 5.49. The Balaban J connectivity index is 1.37. The third kappa shape index (κ3) is 4.77. The third-order valence-electron chi connectivity index (χ3n) is 6.00. The number of benzene rings is 1. The predicted octanol–water partition coefficient (Wildman–Crippen LogP) is 4.51. The first-order valence-electron chi connectivity index (χ1n) is 11.4. The molecule has 1 aromatic carbocycles. The lowest BCUT2D eigenvalue weighted by atomic mass is 9.97. The molecule has 37 heavy (non-hydrogen) atoms. The molecule has 0 fully saturated rings. The van der Waals surface area contributed by atoms with Gasteiger partial charge in [-0.2, -0.15) is 5.26 Å². The molecule has 1 N–H and O–H groups in total. The highest BCUT2D eigenvalue weighted by Gasteiger charge is 2.29. The maximum absolute atomic E-state index is 13.3. The Hall–Kier alpha value is -4.62. The van der Waals surface area contributed by atoms with E-state index < -0.39 is 0 Å². The maximum Gasteiger partial charge on any atom is 0.273 e. The lowest BCUT2D eigenvalue weighted by Crippen LogP contribution is -2.26. The van der Waals surface area contributed by atoms with Gasteiger partial charge in [0, 0.05) is 29.2 Å². The molecule has 3 aromatic heterocycles. The number of ether oxygens (including phenoxy) is 1. The van der Waals surface area contributed by atoms with Crippen molar-refractivity contribution in [2.45, 2.75) is 26.9 Å². The van der Waals surface area contributed by atoms with Gasteiger partial charge in [-0.05, 0) is 55.8 Å². The van der Waals surface area contributed by atoms with E-state index in [9.17, 15) is 14.9 Å². The number of thiazole rings is 1. The number of hydrogen-bond donors (Lipinski definition) is 1. The van der Waals surface area contributed by atoms with Crippen molar-refractivity contribution in [1.29, 1.82) is 5.26 Å². The number of methoxy groups -OCH3 is 1. The predicted molar refractivity (Wildman–Crippen MR) is 138 cm³/mol. The van der Waals surface area contributed by atoms with Crippen molar-refractivity contribution in [1.82, 2.24) is 19.9 Å². The van der Waals surface area contributed by atoms with Crippen LogP contribution < -0.4 is 10.1 Å². The van der Waals surface area contributed by atoms with Crippen molar-refractivity contribution in [2.24, 2.45) is 0 Å². The molecule has 0 aliphatic carbocycles. The fraction of sp³-hybridized carbons (Fsp3) is 0.185. The van der Waals surface area contributed by atoms with Crippen molar-refractivity contribution >= 4 is 28.3 Å². The fourth-order valence-corrected chi connectivity index (χ4v) is 5.15. The minimum atomic E-state index is -0.378. The summed E-state index contributed by atoms with van der Waals surface area (Å²) in [5.74, 6) is 0.0133. The Labute approximate surface area is 217 Å². The first kappa shape index (κ1) is 24.1. The molecule has 0 saturated heterocycles. The van der Waals surface area contributed by atoms with Crippen molar-refractivity contribution in [2.75, 3.05) is 12.4 Å². The highest BCUT2D eigenvalue weighted by atomic mass is 32.1. The Bertz CT molecular complexity index is 1570. The molecule has 10 heteroatoms. The Kier molecular flexibility index (Phi) is 6.38. The van der Waals surface area contributed by atoms with Crippen molar-refractivity contribution < 1.29 is 14.3 Å². The number of pyridine rings is 2. The van der Waals surface area contributed by atoms with Gasteiger partial charge in [-0.15, -0.1) is 0 Å². The summed E-state index contributed by atoms with van der Waals surface area (Å²) in [6, 6.07) is 12.6. The van der Waals surface area contributed by atoms with E-state index in [-0.39, 0.29) is 11.8 Å². The van der Waals surface area contributed by atoms with Crippen LogP contribution in [0.5, 0.6) is 5.75 Å². The van der Waals surface area contributed by atoms with E-state index >= 15 is 0 Å². The van der Waals surface area contributed by atoms with E-state index in [1.807, 2.05) is 19.9 Å². The summed E-state index contributed by atoms with van der Waals surface area (Å²) >= 11 is 1.34. The number of anilines is 1. The third-order valence-corrected chi connectivity index (χ3v) is 7.00. The van der Waals surface area contributed by atoms with Crippen molar-refractivity contribution in [3.8, 4) is 22.9 Å².